The van der Waals surface area contributed by atoms with Crippen LogP contribution >= 0.6 is 0 Å². The van der Waals surface area contributed by atoms with Gasteiger partial charge in [0, 0.05) is 24.9 Å². The van der Waals surface area contributed by atoms with Gasteiger partial charge in [0.25, 0.3) is 5.91 Å². The van der Waals surface area contributed by atoms with Crippen LogP contribution in [0.5, 0.6) is 0 Å². The molecule has 0 aliphatic rings. The third-order valence-corrected chi connectivity index (χ3v) is 2.89. The lowest BCUT2D eigenvalue weighted by Gasteiger charge is -2.13. The second kappa shape index (κ2) is 7.23. The van der Waals surface area contributed by atoms with Crippen LogP contribution < -0.4 is 10.6 Å². The SMILES string of the molecule is C[C@H](NC(=O)c1ccco1)C(=O)NCCc1ccccn1. The number of carbonyl (C=O) groups excluding carboxylic acids is 2. The smallest absolute Gasteiger partial charge is 0.287 e. The molecule has 0 fully saturated rings. The van der Waals surface area contributed by atoms with Crippen LogP contribution in [-0.2, 0) is 11.2 Å². The van der Waals surface area contributed by atoms with Gasteiger partial charge in [-0.3, -0.25) is 14.6 Å². The molecule has 0 aliphatic carbocycles. The van der Waals surface area contributed by atoms with E-state index in [1.165, 1.54) is 6.26 Å². The first kappa shape index (κ1) is 14.8. The van der Waals surface area contributed by atoms with Crippen LogP contribution in [0.1, 0.15) is 23.2 Å². The van der Waals surface area contributed by atoms with Crippen LogP contribution in [0.25, 0.3) is 0 Å². The molecule has 2 amide bonds. The second-order valence-corrected chi connectivity index (χ2v) is 4.53. The maximum Gasteiger partial charge on any atom is 0.287 e. The molecule has 110 valence electrons. The predicted molar refractivity (Wildman–Crippen MR) is 76.6 cm³/mol. The average molecular weight is 287 g/mol. The average Bonchev–Trinajstić information content (AvgIpc) is 3.02. The summed E-state index contributed by atoms with van der Waals surface area (Å²) in [6.07, 6.45) is 3.77. The molecule has 2 N–H and O–H groups in total. The Bertz CT molecular complexity index is 581. The fourth-order valence-corrected chi connectivity index (χ4v) is 1.75. The van der Waals surface area contributed by atoms with Gasteiger partial charge in [-0.15, -0.1) is 0 Å². The van der Waals surface area contributed by atoms with Crippen molar-refractivity contribution in [3.63, 3.8) is 0 Å². The Balaban J connectivity index is 1.74. The number of aromatic nitrogens is 1. The maximum absolute atomic E-state index is 11.9. The monoisotopic (exact) mass is 287 g/mol. The predicted octanol–water partition coefficient (Wildman–Crippen LogP) is 1.15. The highest BCUT2D eigenvalue weighted by Gasteiger charge is 2.17. The zero-order valence-corrected chi connectivity index (χ0v) is 11.7. The van der Waals surface area contributed by atoms with Crippen molar-refractivity contribution in [1.82, 2.24) is 15.6 Å². The highest BCUT2D eigenvalue weighted by Crippen LogP contribution is 2.00. The van der Waals surface area contributed by atoms with E-state index in [-0.39, 0.29) is 11.7 Å². The number of pyridine rings is 1. The summed E-state index contributed by atoms with van der Waals surface area (Å²) in [5.41, 5.74) is 0.907. The minimum atomic E-state index is -0.633. The van der Waals surface area contributed by atoms with E-state index in [1.807, 2.05) is 18.2 Å². The Hall–Kier alpha value is -2.63. The molecule has 0 aromatic carbocycles. The van der Waals surface area contributed by atoms with Crippen LogP contribution in [0.2, 0.25) is 0 Å². The minimum Gasteiger partial charge on any atom is -0.459 e. The Kier molecular flexibility index (Phi) is 5.09. The molecule has 0 saturated heterocycles. The summed E-state index contributed by atoms with van der Waals surface area (Å²) in [6, 6.07) is 8.17. The Morgan fingerprint density at radius 1 is 1.29 bits per heavy atom. The lowest BCUT2D eigenvalue weighted by atomic mass is 10.2. The third kappa shape index (κ3) is 4.45. The summed E-state index contributed by atoms with van der Waals surface area (Å²) in [5.74, 6) is -0.471. The molecule has 2 aromatic heterocycles. The van der Waals surface area contributed by atoms with E-state index in [0.29, 0.717) is 13.0 Å². The Morgan fingerprint density at radius 2 is 2.14 bits per heavy atom. The number of hydrogen-bond donors (Lipinski definition) is 2. The van der Waals surface area contributed by atoms with Crippen molar-refractivity contribution in [2.24, 2.45) is 0 Å². The van der Waals surface area contributed by atoms with Crippen molar-refractivity contribution in [3.8, 4) is 0 Å². The van der Waals surface area contributed by atoms with E-state index in [0.717, 1.165) is 5.69 Å². The number of nitrogens with zero attached hydrogens (tertiary/aromatic N) is 1. The molecule has 0 spiro atoms. The summed E-state index contributed by atoms with van der Waals surface area (Å²) >= 11 is 0. The number of rotatable bonds is 6. The number of carbonyl (C=O) groups is 2. The van der Waals surface area contributed by atoms with Gasteiger partial charge < -0.3 is 15.1 Å². The van der Waals surface area contributed by atoms with Crippen molar-refractivity contribution in [3.05, 3.63) is 54.2 Å². The van der Waals surface area contributed by atoms with Gasteiger partial charge in [0.2, 0.25) is 5.91 Å². The summed E-state index contributed by atoms with van der Waals surface area (Å²) in [6.45, 7) is 2.09. The van der Waals surface area contributed by atoms with Crippen LogP contribution in [0.15, 0.2) is 47.2 Å². The zero-order chi connectivity index (χ0) is 15.1. The fraction of sp³-hybridized carbons (Fsp3) is 0.267. The largest absolute Gasteiger partial charge is 0.459 e. The van der Waals surface area contributed by atoms with E-state index >= 15 is 0 Å². The van der Waals surface area contributed by atoms with E-state index < -0.39 is 11.9 Å². The van der Waals surface area contributed by atoms with Crippen molar-refractivity contribution in [1.29, 1.82) is 0 Å². The van der Waals surface area contributed by atoms with Gasteiger partial charge in [0.15, 0.2) is 5.76 Å². The topological polar surface area (TPSA) is 84.2 Å². The van der Waals surface area contributed by atoms with E-state index in [4.69, 9.17) is 4.42 Å². The number of nitrogens with one attached hydrogen (secondary N) is 2. The molecule has 6 nitrogen and oxygen atoms in total. The summed E-state index contributed by atoms with van der Waals surface area (Å²) in [7, 11) is 0. The van der Waals surface area contributed by atoms with Gasteiger partial charge in [-0.1, -0.05) is 6.07 Å². The molecule has 0 radical (unpaired) electrons. The standard InChI is InChI=1S/C15H17N3O3/c1-11(18-15(20)13-6-4-10-21-13)14(19)17-9-7-12-5-2-3-8-16-12/h2-6,8,10-11H,7,9H2,1H3,(H,17,19)(H,18,20)/t11-/m0/s1. The molecule has 0 aliphatic heterocycles. The molecular formula is C15H17N3O3. The van der Waals surface area contributed by atoms with Gasteiger partial charge in [0.1, 0.15) is 6.04 Å². The Morgan fingerprint density at radius 3 is 2.81 bits per heavy atom. The first-order valence-corrected chi connectivity index (χ1v) is 6.69. The molecule has 6 heteroatoms. The normalized spacial score (nSPS) is 11.7. The summed E-state index contributed by atoms with van der Waals surface area (Å²) in [5, 5.41) is 5.33. The fourth-order valence-electron chi connectivity index (χ4n) is 1.75. The van der Waals surface area contributed by atoms with Crippen LogP contribution in [0.4, 0.5) is 0 Å². The molecule has 21 heavy (non-hydrogen) atoms. The first-order chi connectivity index (χ1) is 10.2. The van der Waals surface area contributed by atoms with E-state index in [2.05, 4.69) is 15.6 Å². The van der Waals surface area contributed by atoms with Crippen molar-refractivity contribution >= 4 is 11.8 Å². The van der Waals surface area contributed by atoms with Gasteiger partial charge >= 0.3 is 0 Å². The highest BCUT2D eigenvalue weighted by atomic mass is 16.3. The third-order valence-electron chi connectivity index (χ3n) is 2.89. The molecule has 1 atom stereocenters. The van der Waals surface area contributed by atoms with Gasteiger partial charge in [-0.2, -0.15) is 0 Å². The Labute approximate surface area is 122 Å². The molecule has 2 aromatic rings. The van der Waals surface area contributed by atoms with Gasteiger partial charge in [0.05, 0.1) is 6.26 Å². The maximum atomic E-state index is 11.9. The summed E-state index contributed by atoms with van der Waals surface area (Å²) < 4.78 is 4.96. The van der Waals surface area contributed by atoms with Gasteiger partial charge in [-0.25, -0.2) is 0 Å². The summed E-state index contributed by atoms with van der Waals surface area (Å²) in [4.78, 5) is 27.8. The van der Waals surface area contributed by atoms with Gasteiger partial charge in [-0.05, 0) is 31.2 Å². The quantitative estimate of drug-likeness (QED) is 0.834. The molecule has 2 heterocycles. The molecule has 2 rings (SSSR count). The van der Waals surface area contributed by atoms with Crippen LogP contribution in [0, 0.1) is 0 Å². The number of furan rings is 1. The molecule has 0 saturated carbocycles. The zero-order valence-electron chi connectivity index (χ0n) is 11.7. The molecule has 0 bridgehead atoms. The second-order valence-electron chi connectivity index (χ2n) is 4.53. The van der Waals surface area contributed by atoms with Crippen molar-refractivity contribution < 1.29 is 14.0 Å². The van der Waals surface area contributed by atoms with E-state index in [1.54, 1.807) is 25.3 Å². The molecular weight excluding hydrogens is 270 g/mol. The lowest BCUT2D eigenvalue weighted by Crippen LogP contribution is -2.45. The van der Waals surface area contributed by atoms with Crippen molar-refractivity contribution in [2.45, 2.75) is 19.4 Å². The number of hydrogen-bond acceptors (Lipinski definition) is 4. The van der Waals surface area contributed by atoms with E-state index in [9.17, 15) is 9.59 Å². The molecule has 0 unspecified atom stereocenters. The van der Waals surface area contributed by atoms with Crippen molar-refractivity contribution in [2.75, 3.05) is 6.54 Å². The van der Waals surface area contributed by atoms with Crippen LogP contribution in [0.3, 0.4) is 0 Å². The number of amides is 2. The highest BCUT2D eigenvalue weighted by molar-refractivity contribution is 5.95. The lowest BCUT2D eigenvalue weighted by molar-refractivity contribution is -0.122. The minimum absolute atomic E-state index is 0.183. The first-order valence-electron chi connectivity index (χ1n) is 6.69. The van der Waals surface area contributed by atoms with Crippen LogP contribution in [-0.4, -0.2) is 29.4 Å².